The molecule has 82 valence electrons. The van der Waals surface area contributed by atoms with Crippen LogP contribution >= 0.6 is 11.3 Å². The Morgan fingerprint density at radius 2 is 2.40 bits per heavy atom. The van der Waals surface area contributed by atoms with Crippen molar-refractivity contribution in [3.05, 3.63) is 34.0 Å². The van der Waals surface area contributed by atoms with Crippen LogP contribution in [-0.4, -0.2) is 6.54 Å². The largest absolute Gasteiger partial charge is 0.306 e. The third kappa shape index (κ3) is 2.70. The van der Waals surface area contributed by atoms with Gasteiger partial charge in [0, 0.05) is 4.88 Å². The second-order valence-corrected chi connectivity index (χ2v) is 5.01. The van der Waals surface area contributed by atoms with E-state index in [0.29, 0.717) is 6.04 Å². The summed E-state index contributed by atoms with van der Waals surface area (Å²) in [4.78, 5) is 1.46. The molecule has 0 fully saturated rings. The molecule has 1 nitrogen and oxygen atoms in total. The lowest BCUT2D eigenvalue weighted by molar-refractivity contribution is 0.570. The van der Waals surface area contributed by atoms with Crippen molar-refractivity contribution in [1.29, 1.82) is 0 Å². The number of thiophene rings is 1. The van der Waals surface area contributed by atoms with Gasteiger partial charge in [-0.25, -0.2) is 0 Å². The first-order valence-corrected chi connectivity index (χ1v) is 6.75. The molecule has 1 aromatic rings. The predicted molar refractivity (Wildman–Crippen MR) is 67.3 cm³/mol. The summed E-state index contributed by atoms with van der Waals surface area (Å²) in [6.45, 7) is 3.23. The highest BCUT2D eigenvalue weighted by atomic mass is 32.1. The Morgan fingerprint density at radius 3 is 3.00 bits per heavy atom. The Morgan fingerprint density at radius 1 is 1.47 bits per heavy atom. The average Bonchev–Trinajstić information content (AvgIpc) is 2.80. The molecule has 1 N–H and O–H groups in total. The van der Waals surface area contributed by atoms with E-state index in [1.165, 1.54) is 30.6 Å². The van der Waals surface area contributed by atoms with Crippen LogP contribution in [0.3, 0.4) is 0 Å². The van der Waals surface area contributed by atoms with E-state index in [1.54, 1.807) is 5.57 Å². The van der Waals surface area contributed by atoms with Crippen molar-refractivity contribution in [2.75, 3.05) is 6.54 Å². The van der Waals surface area contributed by atoms with E-state index < -0.39 is 0 Å². The van der Waals surface area contributed by atoms with Crippen LogP contribution in [0.5, 0.6) is 0 Å². The van der Waals surface area contributed by atoms with Crippen LogP contribution in [0.4, 0.5) is 0 Å². The number of allylic oxidation sites excluding steroid dienone is 1. The Hall–Kier alpha value is -0.600. The lowest BCUT2D eigenvalue weighted by Gasteiger charge is -2.23. The lowest BCUT2D eigenvalue weighted by Crippen LogP contribution is -2.22. The molecule has 2 heteroatoms. The van der Waals surface area contributed by atoms with Gasteiger partial charge in [-0.05, 0) is 43.7 Å². The van der Waals surface area contributed by atoms with Crippen LogP contribution in [0.2, 0.25) is 0 Å². The summed E-state index contributed by atoms with van der Waals surface area (Å²) in [5, 5.41) is 5.77. The molecular weight excluding hydrogens is 202 g/mol. The molecule has 0 spiro atoms. The minimum absolute atomic E-state index is 0.482. The van der Waals surface area contributed by atoms with E-state index >= 15 is 0 Å². The average molecular weight is 221 g/mol. The van der Waals surface area contributed by atoms with Crippen molar-refractivity contribution in [1.82, 2.24) is 5.32 Å². The zero-order valence-electron chi connectivity index (χ0n) is 9.33. The quantitative estimate of drug-likeness (QED) is 0.760. The fraction of sp³-hybridized carbons (Fsp3) is 0.538. The second-order valence-electron chi connectivity index (χ2n) is 4.03. The molecule has 0 aliphatic heterocycles. The third-order valence-electron chi connectivity index (χ3n) is 2.93. The van der Waals surface area contributed by atoms with Gasteiger partial charge in [-0.15, -0.1) is 11.3 Å². The van der Waals surface area contributed by atoms with Gasteiger partial charge in [0.15, 0.2) is 0 Å². The molecule has 1 atom stereocenters. The van der Waals surface area contributed by atoms with Crippen LogP contribution in [0.15, 0.2) is 29.2 Å². The van der Waals surface area contributed by atoms with Gasteiger partial charge in [0.1, 0.15) is 0 Å². The normalized spacial score (nSPS) is 18.6. The van der Waals surface area contributed by atoms with E-state index in [-0.39, 0.29) is 0 Å². The number of nitrogens with one attached hydrogen (secondary N) is 1. The zero-order chi connectivity index (χ0) is 10.5. The smallest absolute Gasteiger partial charge is 0.0630 e. The summed E-state index contributed by atoms with van der Waals surface area (Å²) < 4.78 is 0. The van der Waals surface area contributed by atoms with E-state index in [0.717, 1.165) is 6.54 Å². The minimum Gasteiger partial charge on any atom is -0.306 e. The Kier molecular flexibility index (Phi) is 3.98. The highest BCUT2D eigenvalue weighted by Crippen LogP contribution is 2.31. The molecule has 1 aliphatic carbocycles. The van der Waals surface area contributed by atoms with Crippen molar-refractivity contribution < 1.29 is 0 Å². The summed E-state index contributed by atoms with van der Waals surface area (Å²) in [5.41, 5.74) is 1.60. The maximum absolute atomic E-state index is 3.60. The van der Waals surface area contributed by atoms with E-state index in [9.17, 15) is 0 Å². The molecule has 0 saturated carbocycles. The Bertz CT molecular complexity index is 313. The van der Waals surface area contributed by atoms with Crippen molar-refractivity contribution >= 4 is 11.3 Å². The predicted octanol–water partition coefficient (Wildman–Crippen LogP) is 3.90. The topological polar surface area (TPSA) is 12.0 Å². The fourth-order valence-corrected chi connectivity index (χ4v) is 3.04. The van der Waals surface area contributed by atoms with Crippen LogP contribution in [0.1, 0.15) is 43.5 Å². The van der Waals surface area contributed by atoms with Crippen LogP contribution in [-0.2, 0) is 0 Å². The standard InChI is InChI=1S/C13H19NS/c1-2-14-13(12-9-6-10-15-12)11-7-4-3-5-8-11/h6-7,9-10,13-14H,2-5,8H2,1H3. The molecule has 0 saturated heterocycles. The van der Waals surface area contributed by atoms with E-state index in [1.807, 2.05) is 11.3 Å². The van der Waals surface area contributed by atoms with Gasteiger partial charge >= 0.3 is 0 Å². The summed E-state index contributed by atoms with van der Waals surface area (Å²) in [7, 11) is 0. The summed E-state index contributed by atoms with van der Waals surface area (Å²) in [6.07, 6.45) is 7.71. The lowest BCUT2D eigenvalue weighted by atomic mass is 9.93. The summed E-state index contributed by atoms with van der Waals surface area (Å²) >= 11 is 1.86. The van der Waals surface area contributed by atoms with Crippen molar-refractivity contribution in [3.63, 3.8) is 0 Å². The molecule has 0 amide bonds. The first-order chi connectivity index (χ1) is 7.42. The van der Waals surface area contributed by atoms with Gasteiger partial charge in [0.05, 0.1) is 6.04 Å². The summed E-state index contributed by atoms with van der Waals surface area (Å²) in [5.74, 6) is 0. The molecule has 1 unspecified atom stereocenters. The molecule has 0 aromatic carbocycles. The minimum atomic E-state index is 0.482. The molecule has 1 aromatic heterocycles. The van der Waals surface area contributed by atoms with E-state index in [2.05, 4.69) is 35.8 Å². The second kappa shape index (κ2) is 5.47. The third-order valence-corrected chi connectivity index (χ3v) is 3.87. The highest BCUT2D eigenvalue weighted by molar-refractivity contribution is 7.10. The van der Waals surface area contributed by atoms with Crippen molar-refractivity contribution in [3.8, 4) is 0 Å². The first-order valence-electron chi connectivity index (χ1n) is 5.87. The van der Waals surface area contributed by atoms with Crippen LogP contribution < -0.4 is 5.32 Å². The Balaban J connectivity index is 2.15. The van der Waals surface area contributed by atoms with Gasteiger partial charge < -0.3 is 5.32 Å². The van der Waals surface area contributed by atoms with Crippen LogP contribution in [0, 0.1) is 0 Å². The molecule has 0 radical (unpaired) electrons. The molecule has 0 bridgehead atoms. The summed E-state index contributed by atoms with van der Waals surface area (Å²) in [6, 6.07) is 4.87. The van der Waals surface area contributed by atoms with Gasteiger partial charge in [-0.2, -0.15) is 0 Å². The number of likely N-dealkylation sites (N-methyl/N-ethyl adjacent to an activating group) is 1. The number of hydrogen-bond acceptors (Lipinski definition) is 2. The van der Waals surface area contributed by atoms with Gasteiger partial charge in [0.25, 0.3) is 0 Å². The van der Waals surface area contributed by atoms with Gasteiger partial charge in [-0.1, -0.05) is 24.6 Å². The van der Waals surface area contributed by atoms with Crippen LogP contribution in [0.25, 0.3) is 0 Å². The SMILES string of the molecule is CCNC(C1=CCCCC1)c1cccs1. The first kappa shape index (κ1) is 10.9. The number of rotatable bonds is 4. The Labute approximate surface area is 96.2 Å². The van der Waals surface area contributed by atoms with E-state index in [4.69, 9.17) is 0 Å². The maximum Gasteiger partial charge on any atom is 0.0630 e. The molecule has 1 heterocycles. The maximum atomic E-state index is 3.60. The monoisotopic (exact) mass is 221 g/mol. The van der Waals surface area contributed by atoms with Crippen molar-refractivity contribution in [2.45, 2.75) is 38.6 Å². The number of hydrogen-bond donors (Lipinski definition) is 1. The van der Waals surface area contributed by atoms with Gasteiger partial charge in [-0.3, -0.25) is 0 Å². The molecule has 2 rings (SSSR count). The highest BCUT2D eigenvalue weighted by Gasteiger charge is 2.17. The molecule has 15 heavy (non-hydrogen) atoms. The molecular formula is C13H19NS. The van der Waals surface area contributed by atoms with Crippen molar-refractivity contribution in [2.24, 2.45) is 0 Å². The zero-order valence-corrected chi connectivity index (χ0v) is 10.1. The van der Waals surface area contributed by atoms with Gasteiger partial charge in [0.2, 0.25) is 0 Å². The molecule has 1 aliphatic rings. The fourth-order valence-electron chi connectivity index (χ4n) is 2.20.